The molecule has 37 heavy (non-hydrogen) atoms. The van der Waals surface area contributed by atoms with Gasteiger partial charge in [-0.25, -0.2) is 9.96 Å². The Hall–Kier alpha value is -4.04. The van der Waals surface area contributed by atoms with Crippen molar-refractivity contribution < 1.29 is 28.6 Å². The maximum absolute atomic E-state index is 13.8. The van der Waals surface area contributed by atoms with Gasteiger partial charge in [-0.3, -0.25) is 14.4 Å². The van der Waals surface area contributed by atoms with E-state index in [1.54, 1.807) is 36.4 Å². The number of ether oxygens (including phenoxy) is 3. The highest BCUT2D eigenvalue weighted by Crippen LogP contribution is 2.48. The third kappa shape index (κ3) is 4.49. The predicted molar refractivity (Wildman–Crippen MR) is 139 cm³/mol. The lowest BCUT2D eigenvalue weighted by atomic mass is 9.90. The molecule has 0 saturated carbocycles. The average Bonchev–Trinajstić information content (AvgIpc) is 3.44. The van der Waals surface area contributed by atoms with Crippen molar-refractivity contribution in [2.24, 2.45) is 5.92 Å². The number of rotatable bonds is 9. The fourth-order valence-corrected chi connectivity index (χ4v) is 4.86. The van der Waals surface area contributed by atoms with Crippen molar-refractivity contribution in [1.82, 2.24) is 0 Å². The van der Waals surface area contributed by atoms with Gasteiger partial charge in [0, 0.05) is 0 Å². The van der Waals surface area contributed by atoms with Crippen molar-refractivity contribution in [3.8, 4) is 17.2 Å². The van der Waals surface area contributed by atoms with Gasteiger partial charge in [0.2, 0.25) is 5.91 Å². The summed E-state index contributed by atoms with van der Waals surface area (Å²) in [6.07, 6.45) is -0.0865. The van der Waals surface area contributed by atoms with Crippen molar-refractivity contribution in [3.63, 3.8) is 0 Å². The van der Waals surface area contributed by atoms with Crippen LogP contribution in [0.3, 0.4) is 0 Å². The second kappa shape index (κ2) is 10.5. The summed E-state index contributed by atoms with van der Waals surface area (Å²) in [7, 11) is 1.58. The first-order valence-electron chi connectivity index (χ1n) is 12.5. The lowest BCUT2D eigenvalue weighted by Gasteiger charge is -2.29. The Labute approximate surface area is 216 Å². The van der Waals surface area contributed by atoms with Crippen LogP contribution in [0.5, 0.6) is 17.2 Å². The van der Waals surface area contributed by atoms with Gasteiger partial charge >= 0.3 is 0 Å². The molecule has 2 amide bonds. The van der Waals surface area contributed by atoms with Crippen LogP contribution in [-0.4, -0.2) is 38.2 Å². The van der Waals surface area contributed by atoms with Crippen molar-refractivity contribution >= 4 is 23.2 Å². The number of nitrogens with zero attached hydrogens (tertiary/aromatic N) is 2. The molecular weight excluding hydrogens is 472 g/mol. The highest BCUT2D eigenvalue weighted by atomic mass is 16.7. The van der Waals surface area contributed by atoms with Crippen LogP contribution >= 0.6 is 0 Å². The molecule has 3 aromatic carbocycles. The number of hydrogen-bond donors (Lipinski definition) is 0. The van der Waals surface area contributed by atoms with E-state index < -0.39 is 24.0 Å². The minimum atomic E-state index is -0.953. The number of fused-ring (bicyclic) bond motifs is 1. The molecule has 0 bridgehead atoms. The van der Waals surface area contributed by atoms with E-state index in [4.69, 9.17) is 19.0 Å². The van der Waals surface area contributed by atoms with Crippen molar-refractivity contribution in [3.05, 3.63) is 78.4 Å². The molecule has 8 heteroatoms. The Balaban J connectivity index is 1.53. The molecule has 2 saturated heterocycles. The van der Waals surface area contributed by atoms with Crippen molar-refractivity contribution in [1.29, 1.82) is 0 Å². The fraction of sp³-hybridized carbons (Fsp3) is 0.310. The molecule has 2 aliphatic heterocycles. The second-order valence-electron chi connectivity index (χ2n) is 8.86. The Morgan fingerprint density at radius 3 is 2.27 bits per heavy atom. The third-order valence-corrected chi connectivity index (χ3v) is 6.52. The smallest absolute Gasteiger partial charge is 0.266 e. The van der Waals surface area contributed by atoms with Crippen molar-refractivity contribution in [2.75, 3.05) is 30.3 Å². The molecule has 0 N–H and O–H groups in total. The number of para-hydroxylation sites is 1. The number of hydroxylamine groups is 1. The first-order chi connectivity index (χ1) is 18.1. The number of methoxy groups -OCH3 is 1. The Morgan fingerprint density at radius 1 is 0.838 bits per heavy atom. The van der Waals surface area contributed by atoms with E-state index in [1.165, 1.54) is 4.90 Å². The predicted octanol–water partition coefficient (Wildman–Crippen LogP) is 4.93. The van der Waals surface area contributed by atoms with E-state index in [0.29, 0.717) is 36.1 Å². The molecule has 5 rings (SSSR count). The number of anilines is 2. The number of imide groups is 1. The molecule has 3 aromatic rings. The van der Waals surface area contributed by atoms with Gasteiger partial charge in [-0.15, -0.1) is 0 Å². The minimum Gasteiger partial charge on any atom is -0.494 e. The maximum Gasteiger partial charge on any atom is 0.266 e. The fourth-order valence-electron chi connectivity index (χ4n) is 4.86. The lowest BCUT2D eigenvalue weighted by Crippen LogP contribution is -2.37. The van der Waals surface area contributed by atoms with Gasteiger partial charge in [-0.05, 0) is 67.4 Å². The van der Waals surface area contributed by atoms with Gasteiger partial charge in [-0.2, -0.15) is 0 Å². The monoisotopic (exact) mass is 502 g/mol. The number of hydrogen-bond acceptors (Lipinski definition) is 7. The van der Waals surface area contributed by atoms with Gasteiger partial charge in [0.05, 0.1) is 37.7 Å². The molecule has 192 valence electrons. The van der Waals surface area contributed by atoms with Gasteiger partial charge in [0.1, 0.15) is 11.7 Å². The Kier molecular flexibility index (Phi) is 7.01. The van der Waals surface area contributed by atoms with Gasteiger partial charge < -0.3 is 14.2 Å². The maximum atomic E-state index is 13.8. The number of carbonyl (C=O) groups excluding carboxylic acids is 2. The Bertz CT molecular complexity index is 1260. The summed E-state index contributed by atoms with van der Waals surface area (Å²) in [5.41, 5.74) is 2.02. The topological polar surface area (TPSA) is 77.5 Å². The molecule has 0 spiro atoms. The first kappa shape index (κ1) is 24.6. The zero-order valence-electron chi connectivity index (χ0n) is 21.1. The minimum absolute atomic E-state index is 0.312. The van der Waals surface area contributed by atoms with E-state index in [9.17, 15) is 9.59 Å². The second-order valence-corrected chi connectivity index (χ2v) is 8.86. The normalized spacial score (nSPS) is 20.8. The zero-order valence-corrected chi connectivity index (χ0v) is 21.1. The van der Waals surface area contributed by atoms with Crippen LogP contribution in [-0.2, 0) is 14.4 Å². The van der Waals surface area contributed by atoms with Crippen LogP contribution in [0, 0.1) is 5.92 Å². The molecule has 0 aromatic heterocycles. The van der Waals surface area contributed by atoms with Gasteiger partial charge in [-0.1, -0.05) is 31.2 Å². The summed E-state index contributed by atoms with van der Waals surface area (Å²) >= 11 is 0. The SMILES string of the molecule is CCCOc1ccc([C@H]2[C@@H]3C(=O)N(c4ccc(OCC)cc4)C(=O)[C@H]3ON2c2ccccc2)cc1OC. The average molecular weight is 503 g/mol. The quantitative estimate of drug-likeness (QED) is 0.384. The lowest BCUT2D eigenvalue weighted by molar-refractivity contribution is -0.126. The van der Waals surface area contributed by atoms with Gasteiger partial charge in [0.25, 0.3) is 5.91 Å². The number of carbonyl (C=O) groups is 2. The van der Waals surface area contributed by atoms with E-state index in [-0.39, 0.29) is 5.91 Å². The molecule has 2 aliphatic rings. The van der Waals surface area contributed by atoms with Gasteiger partial charge in [0.15, 0.2) is 17.6 Å². The largest absolute Gasteiger partial charge is 0.494 e. The number of benzene rings is 3. The van der Waals surface area contributed by atoms with Crippen LogP contribution < -0.4 is 24.2 Å². The van der Waals surface area contributed by atoms with Crippen molar-refractivity contribution in [2.45, 2.75) is 32.4 Å². The van der Waals surface area contributed by atoms with E-state index in [2.05, 4.69) is 0 Å². The summed E-state index contributed by atoms with van der Waals surface area (Å²) in [5.74, 6) is 0.409. The van der Waals surface area contributed by atoms with E-state index in [1.807, 2.05) is 62.4 Å². The first-order valence-corrected chi connectivity index (χ1v) is 12.5. The number of amides is 2. The summed E-state index contributed by atoms with van der Waals surface area (Å²) in [6.45, 7) is 5.03. The molecule has 2 heterocycles. The summed E-state index contributed by atoms with van der Waals surface area (Å²) in [6, 6.07) is 21.5. The summed E-state index contributed by atoms with van der Waals surface area (Å²) < 4.78 is 16.9. The van der Waals surface area contributed by atoms with E-state index in [0.717, 1.165) is 17.7 Å². The summed E-state index contributed by atoms with van der Waals surface area (Å²) in [4.78, 5) is 34.8. The zero-order chi connectivity index (χ0) is 25.9. The molecule has 3 atom stereocenters. The van der Waals surface area contributed by atoms with Crippen LogP contribution in [0.4, 0.5) is 11.4 Å². The highest BCUT2D eigenvalue weighted by Gasteiger charge is 2.60. The molecule has 0 unspecified atom stereocenters. The summed E-state index contributed by atoms with van der Waals surface area (Å²) in [5, 5.41) is 1.67. The molecule has 0 aliphatic carbocycles. The van der Waals surface area contributed by atoms with Crippen LogP contribution in [0.1, 0.15) is 31.9 Å². The molecular formula is C29H30N2O6. The molecule has 8 nitrogen and oxygen atoms in total. The molecule has 2 fully saturated rings. The van der Waals surface area contributed by atoms with E-state index >= 15 is 0 Å². The Morgan fingerprint density at radius 2 is 1.59 bits per heavy atom. The van der Waals surface area contributed by atoms with Crippen LogP contribution in [0.2, 0.25) is 0 Å². The third-order valence-electron chi connectivity index (χ3n) is 6.52. The van der Waals surface area contributed by atoms with Crippen LogP contribution in [0.25, 0.3) is 0 Å². The van der Waals surface area contributed by atoms with Crippen LogP contribution in [0.15, 0.2) is 72.8 Å². The standard InChI is InChI=1S/C29H30N2O6/c1-4-17-36-23-16-11-19(18-24(23)34-3)26-25-27(37-31(26)21-9-7-6-8-10-21)29(33)30(28(25)32)20-12-14-22(15-13-20)35-5-2/h6-16,18,25-27H,4-5,17H2,1-3H3/t25-,26-,27-/m0/s1. The molecule has 0 radical (unpaired) electrons. The highest BCUT2D eigenvalue weighted by molar-refractivity contribution is 6.23.